The summed E-state index contributed by atoms with van der Waals surface area (Å²) in [6.07, 6.45) is 0. The van der Waals surface area contributed by atoms with E-state index in [0.29, 0.717) is 0 Å². The summed E-state index contributed by atoms with van der Waals surface area (Å²) in [6, 6.07) is 41.9. The van der Waals surface area contributed by atoms with Crippen molar-refractivity contribution in [3.8, 4) is 11.1 Å². The van der Waals surface area contributed by atoms with E-state index in [0.717, 1.165) is 5.02 Å². The highest BCUT2D eigenvalue weighted by atomic mass is 35.5. The van der Waals surface area contributed by atoms with Gasteiger partial charge in [-0.15, -0.1) is 11.3 Å². The Morgan fingerprint density at radius 2 is 1.09 bits per heavy atom. The highest BCUT2D eigenvalue weighted by Gasteiger charge is 2.45. The molecule has 0 saturated heterocycles. The zero-order valence-corrected chi connectivity index (χ0v) is 19.3. The molecule has 0 aliphatic heterocycles. The Kier molecular flexibility index (Phi) is 4.08. The zero-order chi connectivity index (χ0) is 22.0. The minimum Gasteiger partial charge on any atom is -0.135 e. The van der Waals surface area contributed by atoms with Gasteiger partial charge in [0.1, 0.15) is 0 Å². The monoisotopic (exact) mass is 458 g/mol. The molecule has 0 N–H and O–H groups in total. The maximum atomic E-state index is 6.30. The molecule has 0 nitrogen and oxygen atoms in total. The van der Waals surface area contributed by atoms with Crippen LogP contribution in [-0.4, -0.2) is 0 Å². The van der Waals surface area contributed by atoms with Crippen molar-refractivity contribution in [1.29, 1.82) is 0 Å². The minimum atomic E-state index is -0.351. The summed E-state index contributed by atoms with van der Waals surface area (Å²) >= 11 is 8.12. The summed E-state index contributed by atoms with van der Waals surface area (Å²) in [7, 11) is 0. The maximum Gasteiger partial charge on any atom is 0.0714 e. The molecule has 0 saturated carbocycles. The molecule has 33 heavy (non-hydrogen) atoms. The SMILES string of the molecule is Clc1ccc2c(c1)sc1cc(C3(c4ccccc4)c4ccccc4-c4ccccc43)ccc12. The molecule has 2 heteroatoms. The number of hydrogen-bond acceptors (Lipinski definition) is 1. The van der Waals surface area contributed by atoms with Crippen LogP contribution >= 0.6 is 22.9 Å². The normalized spacial score (nSPS) is 13.8. The van der Waals surface area contributed by atoms with Crippen LogP contribution < -0.4 is 0 Å². The van der Waals surface area contributed by atoms with Crippen LogP contribution in [0.1, 0.15) is 22.3 Å². The molecule has 1 aliphatic carbocycles. The van der Waals surface area contributed by atoms with Crippen LogP contribution in [0.2, 0.25) is 5.02 Å². The molecule has 0 spiro atoms. The molecular weight excluding hydrogens is 440 g/mol. The Bertz CT molecular complexity index is 1630. The molecule has 0 amide bonds. The lowest BCUT2D eigenvalue weighted by molar-refractivity contribution is 0.770. The third-order valence-corrected chi connectivity index (χ3v) is 8.38. The molecule has 5 aromatic carbocycles. The van der Waals surface area contributed by atoms with Gasteiger partial charge < -0.3 is 0 Å². The third-order valence-electron chi connectivity index (χ3n) is 7.03. The summed E-state index contributed by atoms with van der Waals surface area (Å²) in [6.45, 7) is 0. The lowest BCUT2D eigenvalue weighted by atomic mass is 9.67. The Morgan fingerprint density at radius 1 is 0.515 bits per heavy atom. The Balaban J connectivity index is 1.61. The number of thiophene rings is 1. The number of benzene rings is 5. The fraction of sp³-hybridized carbons (Fsp3) is 0.0323. The predicted octanol–water partition coefficient (Wildman–Crippen LogP) is 9.07. The first-order chi connectivity index (χ1) is 16.3. The quantitative estimate of drug-likeness (QED) is 0.242. The summed E-state index contributed by atoms with van der Waals surface area (Å²) < 4.78 is 2.53. The van der Waals surface area contributed by atoms with Gasteiger partial charge in [-0.2, -0.15) is 0 Å². The van der Waals surface area contributed by atoms with Gasteiger partial charge in [-0.1, -0.05) is 109 Å². The molecule has 0 radical (unpaired) electrons. The first-order valence-electron chi connectivity index (χ1n) is 11.1. The fourth-order valence-corrected chi connectivity index (χ4v) is 7.12. The van der Waals surface area contributed by atoms with Gasteiger partial charge in [0.05, 0.1) is 5.41 Å². The molecule has 0 unspecified atom stereocenters. The molecule has 0 fully saturated rings. The lowest BCUT2D eigenvalue weighted by Crippen LogP contribution is -2.28. The smallest absolute Gasteiger partial charge is 0.0714 e. The average molecular weight is 459 g/mol. The van der Waals surface area contributed by atoms with E-state index in [2.05, 4.69) is 109 Å². The first-order valence-corrected chi connectivity index (χ1v) is 12.3. The maximum absolute atomic E-state index is 6.30. The van der Waals surface area contributed by atoms with Crippen LogP contribution in [0.15, 0.2) is 115 Å². The fourth-order valence-electron chi connectivity index (χ4n) is 5.70. The molecule has 6 aromatic rings. The van der Waals surface area contributed by atoms with E-state index in [-0.39, 0.29) is 5.41 Å². The van der Waals surface area contributed by atoms with Crippen molar-refractivity contribution in [2.24, 2.45) is 0 Å². The van der Waals surface area contributed by atoms with E-state index in [1.807, 2.05) is 17.4 Å². The summed E-state index contributed by atoms with van der Waals surface area (Å²) in [4.78, 5) is 0. The second kappa shape index (κ2) is 7.05. The van der Waals surface area contributed by atoms with Gasteiger partial charge in [0.25, 0.3) is 0 Å². The lowest BCUT2D eigenvalue weighted by Gasteiger charge is -2.33. The zero-order valence-electron chi connectivity index (χ0n) is 17.8. The van der Waals surface area contributed by atoms with Crippen molar-refractivity contribution in [3.05, 3.63) is 143 Å². The molecule has 1 aliphatic rings. The van der Waals surface area contributed by atoms with E-state index in [1.54, 1.807) is 0 Å². The number of rotatable bonds is 2. The van der Waals surface area contributed by atoms with Crippen LogP contribution in [0.3, 0.4) is 0 Å². The van der Waals surface area contributed by atoms with Crippen LogP contribution in [-0.2, 0) is 5.41 Å². The molecule has 0 atom stereocenters. The molecular formula is C31H19ClS. The van der Waals surface area contributed by atoms with Gasteiger partial charge >= 0.3 is 0 Å². The van der Waals surface area contributed by atoms with Crippen molar-refractivity contribution >= 4 is 43.1 Å². The first kappa shape index (κ1) is 19.1. The summed E-state index contributed by atoms with van der Waals surface area (Å²) in [5.74, 6) is 0. The number of halogens is 1. The van der Waals surface area contributed by atoms with E-state index < -0.39 is 0 Å². The molecule has 156 valence electrons. The standard InChI is InChI=1S/C31H19ClS/c32-22-15-17-26-25-16-14-21(18-29(25)33-30(26)19-22)31(20-8-2-1-3-9-20)27-12-6-4-10-23(27)24-11-5-7-13-28(24)31/h1-19H. The molecule has 1 aromatic heterocycles. The predicted molar refractivity (Wildman–Crippen MR) is 142 cm³/mol. The number of fused-ring (bicyclic) bond motifs is 6. The topological polar surface area (TPSA) is 0 Å². The number of hydrogen-bond donors (Lipinski definition) is 0. The highest BCUT2D eigenvalue weighted by molar-refractivity contribution is 7.25. The average Bonchev–Trinajstić information content (AvgIpc) is 3.37. The van der Waals surface area contributed by atoms with Gasteiger partial charge in [-0.05, 0) is 51.6 Å². The van der Waals surface area contributed by atoms with Crippen molar-refractivity contribution in [3.63, 3.8) is 0 Å². The van der Waals surface area contributed by atoms with Crippen LogP contribution in [0, 0.1) is 0 Å². The Morgan fingerprint density at radius 3 is 1.79 bits per heavy atom. The van der Waals surface area contributed by atoms with Gasteiger partial charge in [-0.3, -0.25) is 0 Å². The third kappa shape index (κ3) is 2.58. The summed E-state index contributed by atoms with van der Waals surface area (Å²) in [5.41, 5.74) is 7.58. The van der Waals surface area contributed by atoms with Gasteiger partial charge in [0.15, 0.2) is 0 Å². The van der Waals surface area contributed by atoms with Gasteiger partial charge in [-0.25, -0.2) is 0 Å². The van der Waals surface area contributed by atoms with E-state index in [9.17, 15) is 0 Å². The second-order valence-corrected chi connectivity index (χ2v) is 10.2. The van der Waals surface area contributed by atoms with E-state index >= 15 is 0 Å². The Hall–Kier alpha value is -3.39. The van der Waals surface area contributed by atoms with Crippen molar-refractivity contribution in [2.75, 3.05) is 0 Å². The van der Waals surface area contributed by atoms with Crippen LogP contribution in [0.25, 0.3) is 31.3 Å². The van der Waals surface area contributed by atoms with E-state index in [4.69, 9.17) is 11.6 Å². The largest absolute Gasteiger partial charge is 0.135 e. The highest BCUT2D eigenvalue weighted by Crippen LogP contribution is 2.56. The molecule has 1 heterocycles. The van der Waals surface area contributed by atoms with Crippen molar-refractivity contribution in [1.82, 2.24) is 0 Å². The summed E-state index contributed by atoms with van der Waals surface area (Å²) in [5, 5.41) is 3.35. The second-order valence-electron chi connectivity index (χ2n) is 8.66. The van der Waals surface area contributed by atoms with Gasteiger partial charge in [0.2, 0.25) is 0 Å². The molecule has 0 bridgehead atoms. The van der Waals surface area contributed by atoms with Crippen LogP contribution in [0.5, 0.6) is 0 Å². The molecule has 7 rings (SSSR count). The van der Waals surface area contributed by atoms with E-state index in [1.165, 1.54) is 53.6 Å². The Labute approximate surface area is 201 Å². The van der Waals surface area contributed by atoms with Crippen molar-refractivity contribution < 1.29 is 0 Å². The van der Waals surface area contributed by atoms with Gasteiger partial charge in [0, 0.05) is 25.2 Å². The van der Waals surface area contributed by atoms with Crippen molar-refractivity contribution in [2.45, 2.75) is 5.41 Å². The minimum absolute atomic E-state index is 0.351. The van der Waals surface area contributed by atoms with Crippen LogP contribution in [0.4, 0.5) is 0 Å².